The summed E-state index contributed by atoms with van der Waals surface area (Å²) in [5.41, 5.74) is 1.34. The molecule has 0 saturated carbocycles. The second-order valence-corrected chi connectivity index (χ2v) is 5.63. The van der Waals surface area contributed by atoms with Crippen LogP contribution in [0.1, 0.15) is 15.2 Å². The van der Waals surface area contributed by atoms with Crippen molar-refractivity contribution in [2.75, 3.05) is 18.2 Å². The molecule has 102 valence electrons. The molecule has 1 aromatic carbocycles. The fourth-order valence-corrected chi connectivity index (χ4v) is 2.69. The van der Waals surface area contributed by atoms with Gasteiger partial charge < -0.3 is 10.4 Å². The largest absolute Gasteiger partial charge is 0.384 e. The van der Waals surface area contributed by atoms with E-state index in [0.29, 0.717) is 5.56 Å². The van der Waals surface area contributed by atoms with Crippen molar-refractivity contribution in [3.8, 4) is 11.8 Å². The third-order valence-electron chi connectivity index (χ3n) is 2.50. The van der Waals surface area contributed by atoms with E-state index in [1.54, 1.807) is 23.2 Å². The van der Waals surface area contributed by atoms with Gasteiger partial charge in [0.25, 0.3) is 5.91 Å². The number of hydrogen-bond acceptors (Lipinski definition) is 4. The third kappa shape index (κ3) is 3.87. The highest BCUT2D eigenvalue weighted by atomic mass is 32.2. The van der Waals surface area contributed by atoms with Crippen LogP contribution in [0.2, 0.25) is 0 Å². The summed E-state index contributed by atoms with van der Waals surface area (Å²) in [5, 5.41) is 13.2. The lowest BCUT2D eigenvalue weighted by Crippen LogP contribution is -2.10. The second-order valence-electron chi connectivity index (χ2n) is 3.84. The number of anilines is 1. The molecule has 0 atom stereocenters. The molecule has 1 heterocycles. The summed E-state index contributed by atoms with van der Waals surface area (Å²) < 4.78 is 0. The lowest BCUT2D eigenvalue weighted by molar-refractivity contribution is 0.102. The monoisotopic (exact) mass is 303 g/mol. The molecule has 2 N–H and O–H groups in total. The minimum absolute atomic E-state index is 0.157. The molecule has 0 spiro atoms. The molecule has 1 amide bonds. The van der Waals surface area contributed by atoms with E-state index in [9.17, 15) is 4.79 Å². The Morgan fingerprint density at radius 1 is 1.40 bits per heavy atom. The molecule has 2 aromatic rings. The van der Waals surface area contributed by atoms with Gasteiger partial charge in [-0.1, -0.05) is 11.8 Å². The highest BCUT2D eigenvalue weighted by Gasteiger charge is 2.08. The smallest absolute Gasteiger partial charge is 0.256 e. The van der Waals surface area contributed by atoms with Crippen LogP contribution in [0.15, 0.2) is 40.6 Å². The van der Waals surface area contributed by atoms with Crippen molar-refractivity contribution < 1.29 is 9.90 Å². The highest BCUT2D eigenvalue weighted by Crippen LogP contribution is 2.19. The molecule has 3 nitrogen and oxygen atoms in total. The van der Waals surface area contributed by atoms with Crippen LogP contribution in [0.5, 0.6) is 0 Å². The average molecular weight is 303 g/mol. The summed E-state index contributed by atoms with van der Waals surface area (Å²) >= 11 is 3.04. The average Bonchev–Trinajstić information content (AvgIpc) is 2.95. The zero-order valence-corrected chi connectivity index (χ0v) is 12.5. The number of aliphatic hydroxyl groups is 1. The Morgan fingerprint density at radius 3 is 2.80 bits per heavy atom. The van der Waals surface area contributed by atoms with Crippen LogP contribution >= 0.6 is 23.1 Å². The van der Waals surface area contributed by atoms with Gasteiger partial charge in [0.2, 0.25) is 0 Å². The zero-order chi connectivity index (χ0) is 14.4. The van der Waals surface area contributed by atoms with E-state index in [4.69, 9.17) is 5.11 Å². The van der Waals surface area contributed by atoms with Gasteiger partial charge in [-0.05, 0) is 36.6 Å². The van der Waals surface area contributed by atoms with Crippen molar-refractivity contribution in [3.63, 3.8) is 0 Å². The lowest BCUT2D eigenvalue weighted by atomic mass is 10.2. The predicted molar refractivity (Wildman–Crippen MR) is 84.5 cm³/mol. The Kier molecular flexibility index (Phi) is 5.24. The van der Waals surface area contributed by atoms with Gasteiger partial charge in [0.05, 0.1) is 10.4 Å². The van der Waals surface area contributed by atoms with Crippen LogP contribution in [-0.4, -0.2) is 23.9 Å². The molecule has 0 aliphatic rings. The molecule has 0 radical (unpaired) electrons. The van der Waals surface area contributed by atoms with E-state index >= 15 is 0 Å². The second kappa shape index (κ2) is 7.15. The molecule has 20 heavy (non-hydrogen) atoms. The number of benzene rings is 1. The normalized spacial score (nSPS) is 9.70. The topological polar surface area (TPSA) is 49.3 Å². The Labute approximate surface area is 126 Å². The molecule has 0 bridgehead atoms. The summed E-state index contributed by atoms with van der Waals surface area (Å²) in [6.45, 7) is -0.179. The van der Waals surface area contributed by atoms with Crippen LogP contribution in [0.25, 0.3) is 0 Å². The van der Waals surface area contributed by atoms with Crippen molar-refractivity contribution in [3.05, 3.63) is 46.2 Å². The van der Waals surface area contributed by atoms with E-state index in [1.165, 1.54) is 11.3 Å². The number of carbonyl (C=O) groups excluding carboxylic acids is 1. The molecule has 0 aliphatic carbocycles. The molecular weight excluding hydrogens is 290 g/mol. The number of rotatable bonds is 3. The SMILES string of the molecule is CSc1ccc(NC(=O)c2csc(C#CCO)c2)cc1. The summed E-state index contributed by atoms with van der Waals surface area (Å²) in [5.74, 6) is 5.19. The molecule has 5 heteroatoms. The lowest BCUT2D eigenvalue weighted by Gasteiger charge is -2.04. The number of thioether (sulfide) groups is 1. The van der Waals surface area contributed by atoms with E-state index < -0.39 is 0 Å². The fraction of sp³-hybridized carbons (Fsp3) is 0.133. The Hall–Kier alpha value is -1.74. The van der Waals surface area contributed by atoms with E-state index in [0.717, 1.165) is 15.5 Å². The number of amides is 1. The van der Waals surface area contributed by atoms with E-state index in [-0.39, 0.29) is 12.5 Å². The number of carbonyl (C=O) groups is 1. The van der Waals surface area contributed by atoms with Gasteiger partial charge in [-0.15, -0.1) is 23.1 Å². The fourth-order valence-electron chi connectivity index (χ4n) is 1.53. The van der Waals surface area contributed by atoms with Crippen LogP contribution in [0, 0.1) is 11.8 Å². The number of thiophene rings is 1. The molecular formula is C15H13NO2S2. The van der Waals surface area contributed by atoms with Crippen molar-refractivity contribution in [2.45, 2.75) is 4.90 Å². The van der Waals surface area contributed by atoms with Crippen molar-refractivity contribution in [2.24, 2.45) is 0 Å². The Bertz CT molecular complexity index is 651. The maximum Gasteiger partial charge on any atom is 0.256 e. The van der Waals surface area contributed by atoms with Gasteiger partial charge >= 0.3 is 0 Å². The molecule has 0 unspecified atom stereocenters. The van der Waals surface area contributed by atoms with Crippen LogP contribution in [0.3, 0.4) is 0 Å². The Balaban J connectivity index is 2.05. The Morgan fingerprint density at radius 2 is 2.15 bits per heavy atom. The first-order valence-electron chi connectivity index (χ1n) is 5.86. The summed E-state index contributed by atoms with van der Waals surface area (Å²) in [7, 11) is 0. The first-order valence-corrected chi connectivity index (χ1v) is 7.97. The maximum absolute atomic E-state index is 12.0. The molecule has 0 fully saturated rings. The molecule has 1 aromatic heterocycles. The predicted octanol–water partition coefficient (Wildman–Crippen LogP) is 3.07. The van der Waals surface area contributed by atoms with Crippen molar-refractivity contribution in [1.29, 1.82) is 0 Å². The van der Waals surface area contributed by atoms with Gasteiger partial charge in [-0.3, -0.25) is 4.79 Å². The minimum Gasteiger partial charge on any atom is -0.384 e. The first-order chi connectivity index (χ1) is 9.72. The van der Waals surface area contributed by atoms with E-state index in [2.05, 4.69) is 17.2 Å². The molecule has 0 aliphatic heterocycles. The standard InChI is InChI=1S/C15H13NO2S2/c1-19-13-6-4-12(5-7-13)16-15(18)11-9-14(20-10-11)3-2-8-17/h4-7,9-10,17H,8H2,1H3,(H,16,18). The molecule has 0 saturated heterocycles. The van der Waals surface area contributed by atoms with Crippen LogP contribution in [-0.2, 0) is 0 Å². The van der Waals surface area contributed by atoms with Gasteiger partial charge in [0.15, 0.2) is 0 Å². The number of aliphatic hydroxyl groups excluding tert-OH is 1. The summed E-state index contributed by atoms with van der Waals surface area (Å²) in [6.07, 6.45) is 2.01. The minimum atomic E-state index is -0.179. The van der Waals surface area contributed by atoms with Gasteiger partial charge in [-0.2, -0.15) is 0 Å². The molecule has 2 rings (SSSR count). The number of hydrogen-bond donors (Lipinski definition) is 2. The van der Waals surface area contributed by atoms with Crippen molar-refractivity contribution >= 4 is 34.7 Å². The van der Waals surface area contributed by atoms with Crippen LogP contribution in [0.4, 0.5) is 5.69 Å². The first kappa shape index (κ1) is 14.7. The summed E-state index contributed by atoms with van der Waals surface area (Å²) in [6, 6.07) is 9.40. The van der Waals surface area contributed by atoms with E-state index in [1.807, 2.05) is 30.5 Å². The van der Waals surface area contributed by atoms with Crippen molar-refractivity contribution in [1.82, 2.24) is 0 Å². The van der Waals surface area contributed by atoms with Crippen LogP contribution < -0.4 is 5.32 Å². The quantitative estimate of drug-likeness (QED) is 0.677. The highest BCUT2D eigenvalue weighted by molar-refractivity contribution is 7.98. The maximum atomic E-state index is 12.0. The van der Waals surface area contributed by atoms with Gasteiger partial charge in [0.1, 0.15) is 6.61 Å². The summed E-state index contributed by atoms with van der Waals surface area (Å²) in [4.78, 5) is 14.0. The number of nitrogens with one attached hydrogen (secondary N) is 1. The third-order valence-corrected chi connectivity index (χ3v) is 4.09. The van der Waals surface area contributed by atoms with Gasteiger partial charge in [-0.25, -0.2) is 0 Å². The zero-order valence-electron chi connectivity index (χ0n) is 10.8. The van der Waals surface area contributed by atoms with Gasteiger partial charge in [0, 0.05) is 16.0 Å².